The molecule has 96 valence electrons. The van der Waals surface area contributed by atoms with Crippen LogP contribution in [0.2, 0.25) is 0 Å². The van der Waals surface area contributed by atoms with E-state index in [0.29, 0.717) is 6.54 Å². The molecule has 0 saturated heterocycles. The summed E-state index contributed by atoms with van der Waals surface area (Å²) < 4.78 is 0.763. The van der Waals surface area contributed by atoms with E-state index in [1.165, 1.54) is 31.2 Å². The van der Waals surface area contributed by atoms with Crippen molar-refractivity contribution in [3.05, 3.63) is 27.7 Å². The molecule has 1 saturated carbocycles. The summed E-state index contributed by atoms with van der Waals surface area (Å²) in [4.78, 5) is 0. The van der Waals surface area contributed by atoms with E-state index in [2.05, 4.69) is 28.9 Å². The molecular weight excluding hydrogens is 302 g/mol. The molecule has 4 heteroatoms. The number of halogens is 2. The van der Waals surface area contributed by atoms with E-state index in [9.17, 15) is 5.11 Å². The van der Waals surface area contributed by atoms with Crippen LogP contribution in [0.5, 0.6) is 5.75 Å². The van der Waals surface area contributed by atoms with Crippen LogP contribution in [0.3, 0.4) is 0 Å². The highest BCUT2D eigenvalue weighted by molar-refractivity contribution is 9.10. The Labute approximate surface area is 117 Å². The average molecular weight is 321 g/mol. The Morgan fingerprint density at radius 3 is 2.47 bits per heavy atom. The van der Waals surface area contributed by atoms with Crippen LogP contribution in [0.25, 0.3) is 0 Å². The summed E-state index contributed by atoms with van der Waals surface area (Å²) in [5.41, 5.74) is 8.05. The molecule has 0 atom stereocenters. The predicted octanol–water partition coefficient (Wildman–Crippen LogP) is 3.87. The molecule has 0 spiro atoms. The van der Waals surface area contributed by atoms with Gasteiger partial charge in [-0.25, -0.2) is 0 Å². The van der Waals surface area contributed by atoms with Gasteiger partial charge in [0.25, 0.3) is 0 Å². The second-order valence-electron chi connectivity index (χ2n) is 4.94. The molecule has 2 rings (SSSR count). The average Bonchev–Trinajstić information content (AvgIpc) is 2.70. The van der Waals surface area contributed by atoms with Crippen LogP contribution in [0.15, 0.2) is 16.6 Å². The Morgan fingerprint density at radius 2 is 1.94 bits per heavy atom. The van der Waals surface area contributed by atoms with Crippen molar-refractivity contribution in [3.63, 3.8) is 0 Å². The van der Waals surface area contributed by atoms with E-state index in [-0.39, 0.29) is 23.6 Å². The molecule has 1 aliphatic carbocycles. The summed E-state index contributed by atoms with van der Waals surface area (Å²) in [5, 5.41) is 9.82. The third kappa shape index (κ3) is 2.78. The number of benzene rings is 1. The van der Waals surface area contributed by atoms with Gasteiger partial charge in [-0.15, -0.1) is 12.4 Å². The molecule has 0 aromatic heterocycles. The molecule has 3 N–H and O–H groups in total. The van der Waals surface area contributed by atoms with Gasteiger partial charge in [0.05, 0.1) is 4.47 Å². The number of hydrogen-bond acceptors (Lipinski definition) is 2. The third-order valence-electron chi connectivity index (χ3n) is 3.77. The lowest BCUT2D eigenvalue weighted by molar-refractivity contribution is 0.458. The first-order chi connectivity index (χ1) is 7.57. The fraction of sp³-hybridized carbons (Fsp3) is 0.538. The lowest BCUT2D eigenvalue weighted by atomic mass is 9.80. The minimum Gasteiger partial charge on any atom is -0.506 e. The summed E-state index contributed by atoms with van der Waals surface area (Å²) in [6.45, 7) is 2.69. The van der Waals surface area contributed by atoms with E-state index in [1.54, 1.807) is 0 Å². The smallest absolute Gasteiger partial charge is 0.134 e. The number of hydrogen-bond donors (Lipinski definition) is 2. The minimum absolute atomic E-state index is 0. The summed E-state index contributed by atoms with van der Waals surface area (Å²) in [5.74, 6) is 0.285. The molecular formula is C13H19BrClNO. The molecule has 0 amide bonds. The van der Waals surface area contributed by atoms with Gasteiger partial charge in [0.15, 0.2) is 0 Å². The third-order valence-corrected chi connectivity index (χ3v) is 4.37. The van der Waals surface area contributed by atoms with Crippen molar-refractivity contribution in [2.45, 2.75) is 44.6 Å². The molecule has 0 aliphatic heterocycles. The van der Waals surface area contributed by atoms with Crippen molar-refractivity contribution in [2.24, 2.45) is 5.73 Å². The van der Waals surface area contributed by atoms with Gasteiger partial charge in [-0.05, 0) is 45.8 Å². The lowest BCUT2D eigenvalue weighted by Gasteiger charge is -2.25. The molecule has 17 heavy (non-hydrogen) atoms. The Morgan fingerprint density at radius 1 is 1.35 bits per heavy atom. The van der Waals surface area contributed by atoms with Crippen LogP contribution in [0.1, 0.15) is 43.7 Å². The standard InChI is InChI=1S/C13H18BrNO.ClH/c1-13(4-2-3-5-13)10-6-9(8-15)12(16)11(14)7-10;/h6-7,16H,2-5,8,15H2,1H3;1H. The SMILES string of the molecule is CC1(c2cc(Br)c(O)c(CN)c2)CCCC1.Cl. The van der Waals surface area contributed by atoms with Crippen molar-refractivity contribution in [2.75, 3.05) is 0 Å². The van der Waals surface area contributed by atoms with Gasteiger partial charge in [0, 0.05) is 12.1 Å². The Balaban J connectivity index is 0.00000144. The first kappa shape index (κ1) is 14.8. The number of rotatable bonds is 2. The maximum absolute atomic E-state index is 9.82. The van der Waals surface area contributed by atoms with E-state index in [1.807, 2.05) is 6.07 Å². The maximum Gasteiger partial charge on any atom is 0.134 e. The molecule has 0 radical (unpaired) electrons. The van der Waals surface area contributed by atoms with Gasteiger partial charge in [-0.1, -0.05) is 25.8 Å². The van der Waals surface area contributed by atoms with Crippen LogP contribution in [0, 0.1) is 0 Å². The first-order valence-corrected chi connectivity index (χ1v) is 6.58. The number of nitrogens with two attached hydrogens (primary N) is 1. The summed E-state index contributed by atoms with van der Waals surface area (Å²) in [7, 11) is 0. The highest BCUT2D eigenvalue weighted by Gasteiger charge is 2.31. The van der Waals surface area contributed by atoms with Crippen molar-refractivity contribution in [1.29, 1.82) is 0 Å². The molecule has 1 aliphatic rings. The topological polar surface area (TPSA) is 46.2 Å². The zero-order valence-corrected chi connectivity index (χ0v) is 12.4. The Hall–Kier alpha value is -0.250. The van der Waals surface area contributed by atoms with Crippen LogP contribution in [0.4, 0.5) is 0 Å². The van der Waals surface area contributed by atoms with Crippen molar-refractivity contribution in [1.82, 2.24) is 0 Å². The zero-order chi connectivity index (χ0) is 11.8. The van der Waals surface area contributed by atoms with Gasteiger partial charge in [0.2, 0.25) is 0 Å². The van der Waals surface area contributed by atoms with Gasteiger partial charge >= 0.3 is 0 Å². The van der Waals surface area contributed by atoms with Gasteiger partial charge in [-0.2, -0.15) is 0 Å². The second kappa shape index (κ2) is 5.59. The van der Waals surface area contributed by atoms with Gasteiger partial charge in [0.1, 0.15) is 5.75 Å². The quantitative estimate of drug-likeness (QED) is 0.869. The highest BCUT2D eigenvalue weighted by Crippen LogP contribution is 2.43. The monoisotopic (exact) mass is 319 g/mol. The van der Waals surface area contributed by atoms with E-state index in [4.69, 9.17) is 5.73 Å². The summed E-state index contributed by atoms with van der Waals surface area (Å²) in [6, 6.07) is 4.10. The second-order valence-corrected chi connectivity index (χ2v) is 5.79. The Bertz CT molecular complexity index is 403. The zero-order valence-electron chi connectivity index (χ0n) is 10.0. The van der Waals surface area contributed by atoms with Crippen LogP contribution in [-0.2, 0) is 12.0 Å². The predicted molar refractivity (Wildman–Crippen MR) is 76.8 cm³/mol. The minimum atomic E-state index is 0. The maximum atomic E-state index is 9.82. The summed E-state index contributed by atoms with van der Waals surface area (Å²) >= 11 is 3.40. The van der Waals surface area contributed by atoms with E-state index >= 15 is 0 Å². The number of phenolic OH excluding ortho intramolecular Hbond substituents is 1. The van der Waals surface area contributed by atoms with Crippen molar-refractivity contribution >= 4 is 28.3 Å². The molecule has 0 bridgehead atoms. The molecule has 0 unspecified atom stereocenters. The Kier molecular flexibility index (Phi) is 4.87. The van der Waals surface area contributed by atoms with Crippen LogP contribution in [-0.4, -0.2) is 5.11 Å². The molecule has 2 nitrogen and oxygen atoms in total. The highest BCUT2D eigenvalue weighted by atomic mass is 79.9. The molecule has 1 aromatic carbocycles. The number of aromatic hydroxyl groups is 1. The number of phenols is 1. The van der Waals surface area contributed by atoms with E-state index < -0.39 is 0 Å². The van der Waals surface area contributed by atoms with Crippen LogP contribution >= 0.6 is 28.3 Å². The lowest BCUT2D eigenvalue weighted by Crippen LogP contribution is -2.17. The first-order valence-electron chi connectivity index (χ1n) is 5.79. The molecule has 1 fully saturated rings. The normalized spacial score (nSPS) is 17.8. The van der Waals surface area contributed by atoms with Gasteiger partial charge < -0.3 is 10.8 Å². The van der Waals surface area contributed by atoms with Gasteiger partial charge in [-0.3, -0.25) is 0 Å². The fourth-order valence-corrected chi connectivity index (χ4v) is 3.11. The van der Waals surface area contributed by atoms with Crippen LogP contribution < -0.4 is 5.73 Å². The summed E-state index contributed by atoms with van der Waals surface area (Å²) in [6.07, 6.45) is 5.06. The fourth-order valence-electron chi connectivity index (χ4n) is 2.60. The van der Waals surface area contributed by atoms with E-state index in [0.717, 1.165) is 10.0 Å². The largest absolute Gasteiger partial charge is 0.506 e. The molecule has 0 heterocycles. The molecule has 1 aromatic rings. The van der Waals surface area contributed by atoms with Crippen molar-refractivity contribution in [3.8, 4) is 5.75 Å². The van der Waals surface area contributed by atoms with Crippen molar-refractivity contribution < 1.29 is 5.11 Å².